The van der Waals surface area contributed by atoms with E-state index in [1.807, 2.05) is 42.1 Å². The highest BCUT2D eigenvalue weighted by atomic mass is 32.2. The van der Waals surface area contributed by atoms with Crippen molar-refractivity contribution in [3.05, 3.63) is 70.3 Å². The van der Waals surface area contributed by atoms with Gasteiger partial charge in [-0.15, -0.1) is 11.8 Å². The van der Waals surface area contributed by atoms with Crippen LogP contribution in [0.5, 0.6) is 0 Å². The van der Waals surface area contributed by atoms with E-state index in [9.17, 15) is 9.59 Å². The van der Waals surface area contributed by atoms with Crippen LogP contribution in [0.15, 0.2) is 58.2 Å². The lowest BCUT2D eigenvalue weighted by molar-refractivity contribution is -0.121. The molecule has 0 radical (unpaired) electrons. The Hall–Kier alpha value is -2.60. The van der Waals surface area contributed by atoms with Crippen molar-refractivity contribution < 1.29 is 4.79 Å². The van der Waals surface area contributed by atoms with Gasteiger partial charge in [-0.1, -0.05) is 30.3 Å². The summed E-state index contributed by atoms with van der Waals surface area (Å²) in [5.74, 6) is 1.53. The molecule has 1 amide bonds. The standard InChI is InChI=1S/C20H19N3O2S/c24-19(22-16-11-12-26-17-8-4-2-5-13(16)17)10-9-18-21-15-7-3-1-6-14(15)20(25)23-18/h1-8,16H,9-12H2,(H,22,24)(H,21,23,25). The molecule has 2 heterocycles. The van der Waals surface area contributed by atoms with E-state index in [2.05, 4.69) is 27.4 Å². The summed E-state index contributed by atoms with van der Waals surface area (Å²) in [6.07, 6.45) is 1.64. The van der Waals surface area contributed by atoms with Crippen molar-refractivity contribution in [1.82, 2.24) is 15.3 Å². The summed E-state index contributed by atoms with van der Waals surface area (Å²) >= 11 is 1.83. The van der Waals surface area contributed by atoms with Gasteiger partial charge in [-0.05, 0) is 30.2 Å². The number of hydrogen-bond donors (Lipinski definition) is 2. The molecule has 0 fully saturated rings. The number of aromatic nitrogens is 2. The van der Waals surface area contributed by atoms with E-state index < -0.39 is 0 Å². The zero-order chi connectivity index (χ0) is 17.9. The van der Waals surface area contributed by atoms with Gasteiger partial charge in [0.25, 0.3) is 5.56 Å². The molecule has 0 saturated heterocycles. The Labute approximate surface area is 155 Å². The minimum Gasteiger partial charge on any atom is -0.349 e. The molecule has 0 saturated carbocycles. The van der Waals surface area contributed by atoms with Crippen LogP contribution in [-0.4, -0.2) is 21.6 Å². The number of aromatic amines is 1. The van der Waals surface area contributed by atoms with Crippen molar-refractivity contribution in [2.45, 2.75) is 30.2 Å². The first-order valence-corrected chi connectivity index (χ1v) is 9.68. The van der Waals surface area contributed by atoms with Crippen LogP contribution >= 0.6 is 11.8 Å². The Morgan fingerprint density at radius 2 is 2.00 bits per heavy atom. The second-order valence-corrected chi connectivity index (χ2v) is 7.46. The van der Waals surface area contributed by atoms with E-state index in [-0.39, 0.29) is 17.5 Å². The molecule has 1 aliphatic heterocycles. The second-order valence-electron chi connectivity index (χ2n) is 6.32. The highest BCUT2D eigenvalue weighted by Gasteiger charge is 2.21. The number of nitrogens with one attached hydrogen (secondary N) is 2. The zero-order valence-electron chi connectivity index (χ0n) is 14.2. The largest absolute Gasteiger partial charge is 0.349 e. The van der Waals surface area contributed by atoms with Crippen molar-refractivity contribution >= 4 is 28.6 Å². The first-order valence-electron chi connectivity index (χ1n) is 8.70. The van der Waals surface area contributed by atoms with Crippen molar-refractivity contribution in [2.75, 3.05) is 5.75 Å². The smallest absolute Gasteiger partial charge is 0.258 e. The molecule has 3 aromatic rings. The predicted octanol–water partition coefficient (Wildman–Crippen LogP) is 3.21. The number of amides is 1. The third kappa shape index (κ3) is 3.51. The van der Waals surface area contributed by atoms with Crippen LogP contribution in [0, 0.1) is 0 Å². The number of fused-ring (bicyclic) bond motifs is 2. The predicted molar refractivity (Wildman–Crippen MR) is 103 cm³/mol. The number of thioether (sulfide) groups is 1. The van der Waals surface area contributed by atoms with Crippen molar-refractivity contribution in [3.8, 4) is 0 Å². The van der Waals surface area contributed by atoms with E-state index in [1.165, 1.54) is 10.5 Å². The molecule has 2 aromatic carbocycles. The van der Waals surface area contributed by atoms with Crippen molar-refractivity contribution in [2.24, 2.45) is 0 Å². The van der Waals surface area contributed by atoms with Crippen LogP contribution in [0.4, 0.5) is 0 Å². The highest BCUT2D eigenvalue weighted by molar-refractivity contribution is 7.99. The van der Waals surface area contributed by atoms with E-state index in [4.69, 9.17) is 0 Å². The minimum absolute atomic E-state index is 0.0208. The summed E-state index contributed by atoms with van der Waals surface area (Å²) in [6.45, 7) is 0. The molecule has 1 atom stereocenters. The molecule has 1 unspecified atom stereocenters. The first-order chi connectivity index (χ1) is 12.7. The number of para-hydroxylation sites is 1. The highest BCUT2D eigenvalue weighted by Crippen LogP contribution is 2.35. The Kier molecular flexibility index (Phi) is 4.75. The van der Waals surface area contributed by atoms with Crippen molar-refractivity contribution in [1.29, 1.82) is 0 Å². The molecule has 26 heavy (non-hydrogen) atoms. The van der Waals surface area contributed by atoms with Crippen LogP contribution in [0.25, 0.3) is 10.9 Å². The number of hydrogen-bond acceptors (Lipinski definition) is 4. The Morgan fingerprint density at radius 3 is 2.92 bits per heavy atom. The fourth-order valence-corrected chi connectivity index (χ4v) is 4.37. The fourth-order valence-electron chi connectivity index (χ4n) is 3.24. The summed E-state index contributed by atoms with van der Waals surface area (Å²) in [7, 11) is 0. The van der Waals surface area contributed by atoms with E-state index >= 15 is 0 Å². The number of nitrogens with zero attached hydrogens (tertiary/aromatic N) is 1. The SMILES string of the molecule is O=C(CCc1nc2ccccc2c(=O)[nH]1)NC1CCSc2ccccc21. The van der Waals surface area contributed by atoms with E-state index in [0.717, 1.165) is 12.2 Å². The average Bonchev–Trinajstić information content (AvgIpc) is 2.67. The molecule has 1 aliphatic rings. The summed E-state index contributed by atoms with van der Waals surface area (Å²) in [4.78, 5) is 33.0. The zero-order valence-corrected chi connectivity index (χ0v) is 15.0. The molecule has 2 N–H and O–H groups in total. The molecule has 0 aliphatic carbocycles. The van der Waals surface area contributed by atoms with Gasteiger partial charge in [0.2, 0.25) is 5.91 Å². The summed E-state index contributed by atoms with van der Waals surface area (Å²) in [6, 6.07) is 15.5. The van der Waals surface area contributed by atoms with Gasteiger partial charge in [-0.2, -0.15) is 0 Å². The van der Waals surface area contributed by atoms with E-state index in [1.54, 1.807) is 6.07 Å². The maximum Gasteiger partial charge on any atom is 0.258 e. The second kappa shape index (κ2) is 7.33. The number of carbonyl (C=O) groups is 1. The first kappa shape index (κ1) is 16.8. The third-order valence-electron chi connectivity index (χ3n) is 4.54. The Balaban J connectivity index is 1.43. The van der Waals surface area contributed by atoms with Gasteiger partial charge in [-0.3, -0.25) is 9.59 Å². The van der Waals surface area contributed by atoms with Crippen LogP contribution in [0.2, 0.25) is 0 Å². The van der Waals surface area contributed by atoms with Crippen LogP contribution in [-0.2, 0) is 11.2 Å². The van der Waals surface area contributed by atoms with Gasteiger partial charge >= 0.3 is 0 Å². The van der Waals surface area contributed by atoms with Crippen LogP contribution in [0.1, 0.15) is 30.3 Å². The molecule has 132 valence electrons. The average molecular weight is 365 g/mol. The number of benzene rings is 2. The molecule has 6 heteroatoms. The third-order valence-corrected chi connectivity index (χ3v) is 5.67. The van der Waals surface area contributed by atoms with Gasteiger partial charge in [-0.25, -0.2) is 4.98 Å². The topological polar surface area (TPSA) is 74.8 Å². The molecule has 0 bridgehead atoms. The van der Waals surface area contributed by atoms with Crippen molar-refractivity contribution in [3.63, 3.8) is 0 Å². The minimum atomic E-state index is -0.163. The quantitative estimate of drug-likeness (QED) is 0.744. The lowest BCUT2D eigenvalue weighted by atomic mass is 10.0. The Morgan fingerprint density at radius 1 is 1.19 bits per heavy atom. The number of carbonyl (C=O) groups excluding carboxylic acids is 1. The molecular weight excluding hydrogens is 346 g/mol. The van der Waals surface area contributed by atoms with Gasteiger partial charge in [0.05, 0.1) is 16.9 Å². The van der Waals surface area contributed by atoms with Gasteiger partial charge in [0.1, 0.15) is 5.82 Å². The normalized spacial score (nSPS) is 16.2. The lowest BCUT2D eigenvalue weighted by Crippen LogP contribution is -2.31. The molecule has 4 rings (SSSR count). The maximum atomic E-state index is 12.4. The van der Waals surface area contributed by atoms with Gasteiger partial charge in [0, 0.05) is 23.5 Å². The number of rotatable bonds is 4. The monoisotopic (exact) mass is 365 g/mol. The molecule has 0 spiro atoms. The summed E-state index contributed by atoms with van der Waals surface area (Å²) < 4.78 is 0. The number of aryl methyl sites for hydroxylation is 1. The number of H-pyrrole nitrogens is 1. The maximum absolute atomic E-state index is 12.4. The van der Waals surface area contributed by atoms with Gasteiger partial charge < -0.3 is 10.3 Å². The molecular formula is C20H19N3O2S. The van der Waals surface area contributed by atoms with Crippen LogP contribution < -0.4 is 10.9 Å². The van der Waals surface area contributed by atoms with Gasteiger partial charge in [0.15, 0.2) is 0 Å². The lowest BCUT2D eigenvalue weighted by Gasteiger charge is -2.25. The molecule has 5 nitrogen and oxygen atoms in total. The molecule has 1 aromatic heterocycles. The van der Waals surface area contributed by atoms with Crippen LogP contribution in [0.3, 0.4) is 0 Å². The Bertz CT molecular complexity index is 1020. The van der Waals surface area contributed by atoms with E-state index in [0.29, 0.717) is 29.6 Å². The summed E-state index contributed by atoms with van der Waals surface area (Å²) in [5.41, 5.74) is 1.68. The fraction of sp³-hybridized carbons (Fsp3) is 0.250. The summed E-state index contributed by atoms with van der Waals surface area (Å²) in [5, 5.41) is 3.69.